The van der Waals surface area contributed by atoms with Gasteiger partial charge in [0.2, 0.25) is 0 Å². The normalized spacial score (nSPS) is 11.0. The summed E-state index contributed by atoms with van der Waals surface area (Å²) in [6, 6.07) is 9.70. The third kappa shape index (κ3) is 3.88. The fourth-order valence-corrected chi connectivity index (χ4v) is 3.21. The molecule has 158 valence electrons. The Balaban J connectivity index is 1.78. The molecule has 0 bridgehead atoms. The summed E-state index contributed by atoms with van der Waals surface area (Å²) in [4.78, 5) is 46.5. The number of hydrogen-bond donors (Lipinski definition) is 1. The summed E-state index contributed by atoms with van der Waals surface area (Å²) in [7, 11) is 0. The average Bonchev–Trinajstić information content (AvgIpc) is 3.02. The van der Waals surface area contributed by atoms with E-state index < -0.39 is 22.4 Å². The van der Waals surface area contributed by atoms with Crippen molar-refractivity contribution in [2.75, 3.05) is 11.9 Å². The second kappa shape index (κ2) is 7.78. The molecule has 0 aliphatic carbocycles. The number of nitrogens with zero attached hydrogens (tertiary/aromatic N) is 2. The maximum absolute atomic E-state index is 12.3. The van der Waals surface area contributed by atoms with E-state index in [1.807, 2.05) is 0 Å². The molecule has 11 nitrogen and oxygen atoms in total. The lowest BCUT2D eigenvalue weighted by Crippen LogP contribution is -2.16. The molecule has 2 aromatic carbocycles. The van der Waals surface area contributed by atoms with Crippen molar-refractivity contribution < 1.29 is 23.3 Å². The standard InChI is InChI=1S/C20H15N3O8/c1-2-29-19(25)21-12-3-5-14-11(7-18(24)30-17(14)8-12)10-22-15-9-13(23(27)28)4-6-16(15)31-20(22)26/h3-9H,2,10H2,1H3,(H,21,25). The van der Waals surface area contributed by atoms with Gasteiger partial charge in [0.25, 0.3) is 5.69 Å². The fraction of sp³-hybridized carbons (Fsp3) is 0.150. The molecule has 0 aliphatic rings. The first-order valence-corrected chi connectivity index (χ1v) is 9.14. The predicted octanol–water partition coefficient (Wildman–Crippen LogP) is 3.23. The van der Waals surface area contributed by atoms with Crippen LogP contribution in [0.3, 0.4) is 0 Å². The van der Waals surface area contributed by atoms with Crippen LogP contribution in [0.25, 0.3) is 22.1 Å². The zero-order chi connectivity index (χ0) is 22.1. The minimum atomic E-state index is -0.725. The molecule has 1 N–H and O–H groups in total. The third-order valence-electron chi connectivity index (χ3n) is 4.54. The summed E-state index contributed by atoms with van der Waals surface area (Å²) < 4.78 is 16.4. The Bertz CT molecular complexity index is 1450. The Morgan fingerprint density at radius 1 is 1.13 bits per heavy atom. The molecule has 11 heteroatoms. The van der Waals surface area contributed by atoms with Crippen LogP contribution in [0, 0.1) is 10.1 Å². The van der Waals surface area contributed by atoms with Gasteiger partial charge in [-0.25, -0.2) is 14.4 Å². The summed E-state index contributed by atoms with van der Waals surface area (Å²) in [5.41, 5.74) is 0.517. The molecule has 0 unspecified atom stereocenters. The lowest BCUT2D eigenvalue weighted by atomic mass is 10.1. The number of nitro benzene ring substituents is 1. The van der Waals surface area contributed by atoms with Crippen molar-refractivity contribution >= 4 is 39.5 Å². The number of anilines is 1. The number of carbonyl (C=O) groups excluding carboxylic acids is 1. The van der Waals surface area contributed by atoms with Crippen molar-refractivity contribution in [3.63, 3.8) is 0 Å². The Morgan fingerprint density at radius 2 is 1.94 bits per heavy atom. The van der Waals surface area contributed by atoms with Gasteiger partial charge in [-0.3, -0.25) is 20.0 Å². The Morgan fingerprint density at radius 3 is 2.68 bits per heavy atom. The lowest BCUT2D eigenvalue weighted by molar-refractivity contribution is -0.384. The van der Waals surface area contributed by atoms with E-state index >= 15 is 0 Å². The predicted molar refractivity (Wildman–Crippen MR) is 109 cm³/mol. The zero-order valence-electron chi connectivity index (χ0n) is 16.1. The first-order chi connectivity index (χ1) is 14.9. The Hall–Kier alpha value is -4.41. The van der Waals surface area contributed by atoms with Crippen LogP contribution >= 0.6 is 0 Å². The van der Waals surface area contributed by atoms with Crippen molar-refractivity contribution in [1.29, 1.82) is 0 Å². The first kappa shape index (κ1) is 19.9. The first-order valence-electron chi connectivity index (χ1n) is 9.14. The molecule has 0 atom stereocenters. The molecule has 4 aromatic rings. The highest BCUT2D eigenvalue weighted by atomic mass is 16.6. The summed E-state index contributed by atoms with van der Waals surface area (Å²) in [5, 5.41) is 14.1. The van der Waals surface area contributed by atoms with Crippen LogP contribution in [-0.2, 0) is 11.3 Å². The molecular weight excluding hydrogens is 410 g/mol. The number of ether oxygens (including phenoxy) is 1. The molecule has 31 heavy (non-hydrogen) atoms. The van der Waals surface area contributed by atoms with Gasteiger partial charge in [-0.15, -0.1) is 0 Å². The van der Waals surface area contributed by atoms with Crippen LogP contribution in [0.15, 0.2) is 60.9 Å². The summed E-state index contributed by atoms with van der Waals surface area (Å²) in [6.45, 7) is 1.78. The summed E-state index contributed by atoms with van der Waals surface area (Å²) >= 11 is 0. The second-order valence-electron chi connectivity index (χ2n) is 6.51. The van der Waals surface area contributed by atoms with Gasteiger partial charge in [0.15, 0.2) is 5.58 Å². The van der Waals surface area contributed by atoms with Crippen molar-refractivity contribution in [1.82, 2.24) is 4.57 Å². The number of non-ortho nitro benzene ring substituents is 1. The van der Waals surface area contributed by atoms with Crippen LogP contribution in [0.5, 0.6) is 0 Å². The maximum Gasteiger partial charge on any atom is 0.420 e. The van der Waals surface area contributed by atoms with Gasteiger partial charge in [0.05, 0.1) is 23.6 Å². The highest BCUT2D eigenvalue weighted by molar-refractivity contribution is 5.90. The van der Waals surface area contributed by atoms with Crippen molar-refractivity contribution in [2.24, 2.45) is 0 Å². The van der Waals surface area contributed by atoms with Crippen LogP contribution < -0.4 is 16.7 Å². The van der Waals surface area contributed by atoms with E-state index in [1.165, 1.54) is 34.9 Å². The van der Waals surface area contributed by atoms with E-state index in [1.54, 1.807) is 19.1 Å². The maximum atomic E-state index is 12.3. The summed E-state index contributed by atoms with van der Waals surface area (Å²) in [5.74, 6) is -0.725. The van der Waals surface area contributed by atoms with Gasteiger partial charge in [-0.2, -0.15) is 0 Å². The number of benzene rings is 2. The van der Waals surface area contributed by atoms with E-state index in [4.69, 9.17) is 13.6 Å². The SMILES string of the molecule is CCOC(=O)Nc1ccc2c(Cn3c(=O)oc4ccc([N+](=O)[O-])cc43)cc(=O)oc2c1. The van der Waals surface area contributed by atoms with Crippen molar-refractivity contribution in [3.05, 3.63) is 79.1 Å². The Labute approximate surface area is 172 Å². The molecule has 0 radical (unpaired) electrons. The molecule has 0 saturated carbocycles. The minimum Gasteiger partial charge on any atom is -0.450 e. The van der Waals surface area contributed by atoms with E-state index in [9.17, 15) is 24.5 Å². The molecule has 0 saturated heterocycles. The monoisotopic (exact) mass is 425 g/mol. The van der Waals surface area contributed by atoms with Crippen LogP contribution in [0.2, 0.25) is 0 Å². The van der Waals surface area contributed by atoms with Crippen LogP contribution in [0.4, 0.5) is 16.2 Å². The van der Waals surface area contributed by atoms with E-state index in [0.29, 0.717) is 16.6 Å². The van der Waals surface area contributed by atoms with Gasteiger partial charge in [-0.05, 0) is 30.7 Å². The van der Waals surface area contributed by atoms with Gasteiger partial charge >= 0.3 is 17.5 Å². The molecule has 2 aromatic heterocycles. The van der Waals surface area contributed by atoms with Gasteiger partial charge in [-0.1, -0.05) is 0 Å². The van der Waals surface area contributed by atoms with Crippen LogP contribution in [-0.4, -0.2) is 22.2 Å². The average molecular weight is 425 g/mol. The Kier molecular flexibility index (Phi) is 4.99. The molecule has 1 amide bonds. The molecule has 2 heterocycles. The number of aromatic nitrogens is 1. The molecule has 0 spiro atoms. The number of nitrogens with one attached hydrogen (secondary N) is 1. The zero-order valence-corrected chi connectivity index (χ0v) is 16.1. The highest BCUT2D eigenvalue weighted by Crippen LogP contribution is 2.24. The van der Waals surface area contributed by atoms with Gasteiger partial charge in [0, 0.05) is 35.3 Å². The topological polar surface area (TPSA) is 147 Å². The number of amides is 1. The van der Waals surface area contributed by atoms with E-state index in [-0.39, 0.29) is 35.5 Å². The largest absolute Gasteiger partial charge is 0.450 e. The van der Waals surface area contributed by atoms with E-state index in [0.717, 1.165) is 0 Å². The number of hydrogen-bond acceptors (Lipinski definition) is 8. The van der Waals surface area contributed by atoms with E-state index in [2.05, 4.69) is 5.32 Å². The van der Waals surface area contributed by atoms with Gasteiger partial charge < -0.3 is 13.6 Å². The second-order valence-corrected chi connectivity index (χ2v) is 6.51. The highest BCUT2D eigenvalue weighted by Gasteiger charge is 2.16. The quantitative estimate of drug-likeness (QED) is 0.291. The molecule has 4 rings (SSSR count). The van der Waals surface area contributed by atoms with Crippen molar-refractivity contribution in [2.45, 2.75) is 13.5 Å². The summed E-state index contributed by atoms with van der Waals surface area (Å²) in [6.07, 6.45) is -0.654. The smallest absolute Gasteiger partial charge is 0.420 e. The third-order valence-corrected chi connectivity index (χ3v) is 4.54. The number of oxazole rings is 1. The van der Waals surface area contributed by atoms with Gasteiger partial charge in [0.1, 0.15) is 5.58 Å². The van der Waals surface area contributed by atoms with Crippen molar-refractivity contribution in [3.8, 4) is 0 Å². The molecule has 0 aliphatic heterocycles. The lowest BCUT2D eigenvalue weighted by Gasteiger charge is -2.09. The number of rotatable bonds is 5. The number of nitro groups is 1. The minimum absolute atomic E-state index is 0.0836. The molecule has 0 fully saturated rings. The number of fused-ring (bicyclic) bond motifs is 2. The molecular formula is C20H15N3O8. The number of carbonyl (C=O) groups is 1. The van der Waals surface area contributed by atoms with Crippen LogP contribution in [0.1, 0.15) is 12.5 Å². The fourth-order valence-electron chi connectivity index (χ4n) is 3.21.